The molecule has 128 valence electrons. The highest BCUT2D eigenvalue weighted by Gasteiger charge is 2.16. The van der Waals surface area contributed by atoms with Crippen molar-refractivity contribution in [2.24, 2.45) is 0 Å². The summed E-state index contributed by atoms with van der Waals surface area (Å²) in [6.07, 6.45) is 8.91. The average Bonchev–Trinajstić information content (AvgIpc) is 3.13. The maximum absolute atomic E-state index is 4.08. The minimum Gasteiger partial charge on any atom is -0.381 e. The van der Waals surface area contributed by atoms with Gasteiger partial charge in [-0.1, -0.05) is 19.8 Å². The van der Waals surface area contributed by atoms with Gasteiger partial charge in [-0.15, -0.1) is 0 Å². The van der Waals surface area contributed by atoms with E-state index in [2.05, 4.69) is 45.5 Å². The Balaban J connectivity index is 1.73. The average molecular weight is 343 g/mol. The normalized spacial score (nSPS) is 14.7. The lowest BCUT2D eigenvalue weighted by molar-refractivity contribution is 0.755. The van der Waals surface area contributed by atoms with Crippen molar-refractivity contribution in [3.63, 3.8) is 0 Å². The molecule has 0 aliphatic heterocycles. The van der Waals surface area contributed by atoms with Crippen molar-refractivity contribution < 1.29 is 0 Å². The van der Waals surface area contributed by atoms with E-state index in [-0.39, 0.29) is 0 Å². The first-order chi connectivity index (χ1) is 11.8. The van der Waals surface area contributed by atoms with E-state index in [0.717, 1.165) is 13.1 Å². The van der Waals surface area contributed by atoms with E-state index < -0.39 is 0 Å². The van der Waals surface area contributed by atoms with Crippen LogP contribution >= 0.6 is 11.9 Å². The molecule has 3 rings (SSSR count). The molecule has 1 aromatic carbocycles. The molecular formula is C19H26N4S. The third kappa shape index (κ3) is 4.89. The fraction of sp³-hybridized carbons (Fsp3) is 0.421. The van der Waals surface area contributed by atoms with Gasteiger partial charge in [0, 0.05) is 36.4 Å². The molecule has 0 amide bonds. The van der Waals surface area contributed by atoms with Crippen LogP contribution in [-0.4, -0.2) is 17.6 Å². The summed E-state index contributed by atoms with van der Waals surface area (Å²) in [5.74, 6) is 0. The summed E-state index contributed by atoms with van der Waals surface area (Å²) in [6, 6.07) is 11.3. The van der Waals surface area contributed by atoms with E-state index in [1.54, 1.807) is 11.9 Å². The second-order valence-corrected chi connectivity index (χ2v) is 7.11. The molecule has 0 atom stereocenters. The van der Waals surface area contributed by atoms with Gasteiger partial charge in [-0.25, -0.2) is 0 Å². The van der Waals surface area contributed by atoms with Gasteiger partial charge in [-0.05, 0) is 60.7 Å². The van der Waals surface area contributed by atoms with Crippen LogP contribution in [0.25, 0.3) is 0 Å². The predicted octanol–water partition coefficient (Wildman–Crippen LogP) is 4.66. The molecule has 5 heteroatoms. The smallest absolute Gasteiger partial charge is 0.0590 e. The van der Waals surface area contributed by atoms with Crippen LogP contribution in [0.15, 0.2) is 47.6 Å². The van der Waals surface area contributed by atoms with Gasteiger partial charge in [0.25, 0.3) is 0 Å². The van der Waals surface area contributed by atoms with Crippen molar-refractivity contribution in [3.8, 4) is 0 Å². The summed E-state index contributed by atoms with van der Waals surface area (Å²) in [5, 5.41) is 7.31. The summed E-state index contributed by atoms with van der Waals surface area (Å²) >= 11 is 1.68. The maximum Gasteiger partial charge on any atom is 0.0590 e. The fourth-order valence-corrected chi connectivity index (χ4v) is 3.63. The lowest BCUT2D eigenvalue weighted by Crippen LogP contribution is -2.16. The molecule has 1 saturated carbocycles. The number of hydrogen-bond acceptors (Lipinski definition) is 5. The highest BCUT2D eigenvalue weighted by atomic mass is 32.2. The molecule has 24 heavy (non-hydrogen) atoms. The van der Waals surface area contributed by atoms with Crippen LogP contribution in [0.1, 0.15) is 38.2 Å². The monoisotopic (exact) mass is 342 g/mol. The number of nitrogens with zero attached hydrogens (tertiary/aromatic N) is 1. The van der Waals surface area contributed by atoms with Crippen LogP contribution in [0, 0.1) is 0 Å². The van der Waals surface area contributed by atoms with Crippen molar-refractivity contribution in [3.05, 3.63) is 48.3 Å². The van der Waals surface area contributed by atoms with Gasteiger partial charge in [0.2, 0.25) is 0 Å². The molecular weight excluding hydrogens is 316 g/mol. The van der Waals surface area contributed by atoms with Gasteiger partial charge in [-0.2, -0.15) is 0 Å². The van der Waals surface area contributed by atoms with Crippen LogP contribution in [-0.2, 0) is 6.54 Å². The molecule has 1 fully saturated rings. The van der Waals surface area contributed by atoms with Gasteiger partial charge >= 0.3 is 0 Å². The number of anilines is 2. The van der Waals surface area contributed by atoms with Crippen LogP contribution in [0.2, 0.25) is 0 Å². The van der Waals surface area contributed by atoms with Gasteiger partial charge in [0.15, 0.2) is 0 Å². The summed E-state index contributed by atoms with van der Waals surface area (Å²) in [5.41, 5.74) is 3.61. The minimum atomic E-state index is 0.610. The fourth-order valence-electron chi connectivity index (χ4n) is 3.00. The molecule has 0 bridgehead atoms. The Morgan fingerprint density at radius 2 is 1.88 bits per heavy atom. The number of hydrogen-bond donors (Lipinski definition) is 3. The molecule has 1 aromatic heterocycles. The number of aromatic nitrogens is 1. The third-order valence-corrected chi connectivity index (χ3v) is 5.20. The highest BCUT2D eigenvalue weighted by Crippen LogP contribution is 2.31. The number of nitrogens with one attached hydrogen (secondary N) is 3. The van der Waals surface area contributed by atoms with Crippen molar-refractivity contribution in [1.82, 2.24) is 9.71 Å². The molecule has 2 aromatic rings. The molecule has 1 heterocycles. The third-order valence-electron chi connectivity index (χ3n) is 4.27. The van der Waals surface area contributed by atoms with Crippen molar-refractivity contribution in [1.29, 1.82) is 0 Å². The van der Waals surface area contributed by atoms with Crippen molar-refractivity contribution in [2.75, 3.05) is 17.2 Å². The van der Waals surface area contributed by atoms with E-state index in [4.69, 9.17) is 0 Å². The van der Waals surface area contributed by atoms with E-state index >= 15 is 0 Å². The Morgan fingerprint density at radius 3 is 2.62 bits per heavy atom. The van der Waals surface area contributed by atoms with Crippen LogP contribution in [0.3, 0.4) is 0 Å². The van der Waals surface area contributed by atoms with Crippen molar-refractivity contribution in [2.45, 2.75) is 50.1 Å². The first kappa shape index (κ1) is 17.1. The molecule has 0 unspecified atom stereocenters. The molecule has 4 nitrogen and oxygen atoms in total. The summed E-state index contributed by atoms with van der Waals surface area (Å²) < 4.78 is 3.32. The Kier molecular flexibility index (Phi) is 6.38. The molecule has 1 aliphatic carbocycles. The van der Waals surface area contributed by atoms with E-state index in [1.807, 2.05) is 24.5 Å². The SMILES string of the molecule is CCNSc1ccc(NC2CCCC2)c(NCc2ccncc2)c1. The minimum absolute atomic E-state index is 0.610. The summed E-state index contributed by atoms with van der Waals surface area (Å²) in [6.45, 7) is 3.87. The zero-order chi connectivity index (χ0) is 16.6. The van der Waals surface area contributed by atoms with Crippen molar-refractivity contribution >= 4 is 23.3 Å². The molecule has 0 radical (unpaired) electrons. The van der Waals surface area contributed by atoms with E-state index in [0.29, 0.717) is 6.04 Å². The second-order valence-electron chi connectivity index (χ2n) is 6.14. The zero-order valence-electron chi connectivity index (χ0n) is 14.2. The van der Waals surface area contributed by atoms with Crippen LogP contribution in [0.5, 0.6) is 0 Å². The summed E-state index contributed by atoms with van der Waals surface area (Å²) in [7, 11) is 0. The number of rotatable bonds is 8. The first-order valence-corrected chi connectivity index (χ1v) is 9.60. The number of benzene rings is 1. The molecule has 0 saturated heterocycles. The van der Waals surface area contributed by atoms with Gasteiger partial charge in [0.1, 0.15) is 0 Å². The zero-order valence-corrected chi connectivity index (χ0v) is 15.0. The van der Waals surface area contributed by atoms with Gasteiger partial charge in [0.05, 0.1) is 11.4 Å². The lowest BCUT2D eigenvalue weighted by Gasteiger charge is -2.19. The van der Waals surface area contributed by atoms with Crippen LogP contribution < -0.4 is 15.4 Å². The number of pyridine rings is 1. The van der Waals surface area contributed by atoms with Gasteiger partial charge < -0.3 is 10.6 Å². The van der Waals surface area contributed by atoms with E-state index in [9.17, 15) is 0 Å². The van der Waals surface area contributed by atoms with Gasteiger partial charge in [-0.3, -0.25) is 9.71 Å². The Bertz CT molecular complexity index is 627. The van der Waals surface area contributed by atoms with E-state index in [1.165, 1.54) is 47.5 Å². The Hall–Kier alpha value is -1.72. The van der Waals surface area contributed by atoms with Crippen LogP contribution in [0.4, 0.5) is 11.4 Å². The summed E-state index contributed by atoms with van der Waals surface area (Å²) in [4.78, 5) is 5.31. The standard InChI is InChI=1S/C19H26N4S/c1-2-22-24-17-7-8-18(23-16-5-3-4-6-16)19(13-17)21-14-15-9-11-20-12-10-15/h7-13,16,21-23H,2-6,14H2,1H3. The Morgan fingerprint density at radius 1 is 1.08 bits per heavy atom. The maximum atomic E-state index is 4.08. The molecule has 1 aliphatic rings. The molecule has 0 spiro atoms. The second kappa shape index (κ2) is 8.94. The quantitative estimate of drug-likeness (QED) is 0.609. The lowest BCUT2D eigenvalue weighted by atomic mass is 10.2. The Labute approximate surface area is 149 Å². The first-order valence-electron chi connectivity index (χ1n) is 8.78. The largest absolute Gasteiger partial charge is 0.381 e. The highest BCUT2D eigenvalue weighted by molar-refractivity contribution is 7.97. The topological polar surface area (TPSA) is 49.0 Å². The molecule has 3 N–H and O–H groups in total. The predicted molar refractivity (Wildman–Crippen MR) is 103 cm³/mol.